The summed E-state index contributed by atoms with van der Waals surface area (Å²) in [4.78, 5) is 4.48. The van der Waals surface area contributed by atoms with Crippen LogP contribution >= 0.6 is 11.6 Å². The molecule has 0 bridgehead atoms. The van der Waals surface area contributed by atoms with Crippen LogP contribution in [0.1, 0.15) is 5.56 Å². The molecule has 0 atom stereocenters. The molecule has 0 amide bonds. The summed E-state index contributed by atoms with van der Waals surface area (Å²) in [7, 11) is -2.58. The summed E-state index contributed by atoms with van der Waals surface area (Å²) >= 11 is 5.74. The molecule has 6 nitrogen and oxygen atoms in total. The molecular formula is C21H17ClFN3O3S. The Balaban J connectivity index is 1.75. The van der Waals surface area contributed by atoms with Gasteiger partial charge in [0, 0.05) is 18.0 Å². The van der Waals surface area contributed by atoms with E-state index in [1.54, 1.807) is 18.2 Å². The molecule has 0 radical (unpaired) electrons. The second kappa shape index (κ2) is 7.62. The Morgan fingerprint density at radius 1 is 1.17 bits per heavy atom. The second-order valence-electron chi connectivity index (χ2n) is 6.64. The molecule has 0 saturated heterocycles. The number of sulfonamides is 1. The van der Waals surface area contributed by atoms with Crippen molar-refractivity contribution in [2.45, 2.75) is 11.8 Å². The summed E-state index contributed by atoms with van der Waals surface area (Å²) in [5, 5.41) is -0.279. The number of nitrogens with zero attached hydrogens (tertiary/aromatic N) is 2. The predicted octanol–water partition coefficient (Wildman–Crippen LogP) is 4.91. The average molecular weight is 446 g/mol. The van der Waals surface area contributed by atoms with E-state index in [2.05, 4.69) is 9.71 Å². The van der Waals surface area contributed by atoms with Crippen LogP contribution in [-0.2, 0) is 10.0 Å². The fraction of sp³-hybridized carbons (Fsp3) is 0.0952. The van der Waals surface area contributed by atoms with Crippen LogP contribution in [0.5, 0.6) is 5.75 Å². The van der Waals surface area contributed by atoms with Crippen LogP contribution in [0.3, 0.4) is 0 Å². The molecule has 0 aliphatic heterocycles. The molecular weight excluding hydrogens is 429 g/mol. The number of fused-ring (bicyclic) bond motifs is 1. The highest BCUT2D eigenvalue weighted by Crippen LogP contribution is 2.32. The lowest BCUT2D eigenvalue weighted by Crippen LogP contribution is -2.14. The minimum absolute atomic E-state index is 0.162. The van der Waals surface area contributed by atoms with Crippen molar-refractivity contribution in [3.8, 4) is 17.0 Å². The van der Waals surface area contributed by atoms with Gasteiger partial charge in [0.2, 0.25) is 0 Å². The number of rotatable bonds is 5. The van der Waals surface area contributed by atoms with E-state index in [9.17, 15) is 12.8 Å². The van der Waals surface area contributed by atoms with Crippen LogP contribution < -0.4 is 9.46 Å². The van der Waals surface area contributed by atoms with Gasteiger partial charge >= 0.3 is 0 Å². The lowest BCUT2D eigenvalue weighted by atomic mass is 10.1. The molecule has 0 fully saturated rings. The van der Waals surface area contributed by atoms with Crippen molar-refractivity contribution in [2.75, 3.05) is 11.8 Å². The second-order valence-corrected chi connectivity index (χ2v) is 8.73. The molecule has 0 spiro atoms. The first kappa shape index (κ1) is 20.2. The maximum absolute atomic E-state index is 13.4. The largest absolute Gasteiger partial charge is 0.495 e. The van der Waals surface area contributed by atoms with Gasteiger partial charge < -0.3 is 9.14 Å². The van der Waals surface area contributed by atoms with E-state index in [1.165, 1.54) is 7.11 Å². The molecule has 154 valence electrons. The monoisotopic (exact) mass is 445 g/mol. The van der Waals surface area contributed by atoms with E-state index in [0.717, 1.165) is 29.4 Å². The molecule has 2 aromatic heterocycles. The van der Waals surface area contributed by atoms with Crippen LogP contribution in [0.4, 0.5) is 10.1 Å². The predicted molar refractivity (Wildman–Crippen MR) is 114 cm³/mol. The molecule has 0 unspecified atom stereocenters. The van der Waals surface area contributed by atoms with Gasteiger partial charge in [-0.1, -0.05) is 17.7 Å². The average Bonchev–Trinajstić information content (AvgIpc) is 3.15. The Hall–Kier alpha value is -3.10. The summed E-state index contributed by atoms with van der Waals surface area (Å²) in [6, 6.07) is 12.2. The van der Waals surface area contributed by atoms with Gasteiger partial charge in [-0.15, -0.1) is 0 Å². The lowest BCUT2D eigenvalue weighted by molar-refractivity contribution is 0.417. The minimum atomic E-state index is -4.02. The molecule has 2 heterocycles. The number of ether oxygens (including phenoxy) is 1. The van der Waals surface area contributed by atoms with Crippen molar-refractivity contribution in [1.82, 2.24) is 9.38 Å². The van der Waals surface area contributed by atoms with Gasteiger partial charge in [0.25, 0.3) is 10.0 Å². The highest BCUT2D eigenvalue weighted by molar-refractivity contribution is 7.92. The van der Waals surface area contributed by atoms with Crippen molar-refractivity contribution >= 4 is 33.0 Å². The van der Waals surface area contributed by atoms with Crippen LogP contribution in [-0.4, -0.2) is 24.9 Å². The quantitative estimate of drug-likeness (QED) is 0.473. The molecule has 2 aromatic carbocycles. The standard InChI is InChI=1S/C21H17ClFN3O3S/c1-13-4-3-9-26-12-19(24-21(13)26)14-5-8-20(29-2)18(10-14)25-30(27,28)15-6-7-17(23)16(22)11-15/h3-12,25H,1-2H3. The zero-order valence-corrected chi connectivity index (χ0v) is 17.6. The Morgan fingerprint density at radius 3 is 2.67 bits per heavy atom. The van der Waals surface area contributed by atoms with Gasteiger partial charge in [0.05, 0.1) is 28.4 Å². The number of hydrogen-bond donors (Lipinski definition) is 1. The first-order valence-electron chi connectivity index (χ1n) is 8.89. The van der Waals surface area contributed by atoms with Crippen LogP contribution in [0.2, 0.25) is 5.02 Å². The summed E-state index contributed by atoms with van der Waals surface area (Å²) < 4.78 is 48.7. The van der Waals surface area contributed by atoms with Gasteiger partial charge in [-0.05, 0) is 55.0 Å². The van der Waals surface area contributed by atoms with Crippen molar-refractivity contribution in [1.29, 1.82) is 0 Å². The minimum Gasteiger partial charge on any atom is -0.495 e. The van der Waals surface area contributed by atoms with E-state index >= 15 is 0 Å². The molecule has 4 rings (SSSR count). The number of benzene rings is 2. The van der Waals surface area contributed by atoms with Gasteiger partial charge in [-0.3, -0.25) is 4.72 Å². The maximum atomic E-state index is 13.4. The van der Waals surface area contributed by atoms with E-state index in [1.807, 2.05) is 35.9 Å². The van der Waals surface area contributed by atoms with Crippen molar-refractivity contribution < 1.29 is 17.5 Å². The van der Waals surface area contributed by atoms with Crippen molar-refractivity contribution in [3.63, 3.8) is 0 Å². The Bertz CT molecular complexity index is 1370. The fourth-order valence-corrected chi connectivity index (χ4v) is 4.42. The van der Waals surface area contributed by atoms with Gasteiger partial charge in [0.15, 0.2) is 0 Å². The van der Waals surface area contributed by atoms with Gasteiger partial charge in [-0.2, -0.15) is 0 Å². The third-order valence-electron chi connectivity index (χ3n) is 4.62. The summed E-state index contributed by atoms with van der Waals surface area (Å²) in [5.74, 6) is -0.368. The number of methoxy groups -OCH3 is 1. The molecule has 1 N–H and O–H groups in total. The third kappa shape index (κ3) is 3.71. The lowest BCUT2D eigenvalue weighted by Gasteiger charge is -2.13. The number of nitrogens with one attached hydrogen (secondary N) is 1. The number of halogens is 2. The Kier molecular flexibility index (Phi) is 5.13. The summed E-state index contributed by atoms with van der Waals surface area (Å²) in [5.41, 5.74) is 3.44. The first-order valence-corrected chi connectivity index (χ1v) is 10.8. The van der Waals surface area contributed by atoms with Crippen LogP contribution in [0.25, 0.3) is 16.9 Å². The van der Waals surface area contributed by atoms with E-state index < -0.39 is 15.8 Å². The molecule has 4 aromatic rings. The molecule has 0 aliphatic carbocycles. The SMILES string of the molecule is COc1ccc(-c2cn3cccc(C)c3n2)cc1NS(=O)(=O)c1ccc(F)c(Cl)c1. The number of aromatic nitrogens is 2. The van der Waals surface area contributed by atoms with Crippen molar-refractivity contribution in [3.05, 3.63) is 77.3 Å². The Labute approximate surface area is 178 Å². The van der Waals surface area contributed by atoms with Gasteiger partial charge in [0.1, 0.15) is 17.2 Å². The number of hydrogen-bond acceptors (Lipinski definition) is 4. The first-order chi connectivity index (χ1) is 14.3. The Morgan fingerprint density at radius 2 is 1.97 bits per heavy atom. The normalized spacial score (nSPS) is 11.6. The highest BCUT2D eigenvalue weighted by atomic mass is 35.5. The summed E-state index contributed by atoms with van der Waals surface area (Å²) in [6.07, 6.45) is 3.76. The smallest absolute Gasteiger partial charge is 0.262 e. The molecule has 0 saturated carbocycles. The molecule has 9 heteroatoms. The van der Waals surface area contributed by atoms with E-state index in [-0.39, 0.29) is 15.6 Å². The van der Waals surface area contributed by atoms with Crippen molar-refractivity contribution in [2.24, 2.45) is 0 Å². The maximum Gasteiger partial charge on any atom is 0.262 e. The highest BCUT2D eigenvalue weighted by Gasteiger charge is 2.19. The zero-order valence-electron chi connectivity index (χ0n) is 16.1. The summed E-state index contributed by atoms with van der Waals surface area (Å²) in [6.45, 7) is 1.97. The number of pyridine rings is 1. The molecule has 0 aliphatic rings. The third-order valence-corrected chi connectivity index (χ3v) is 6.27. The fourth-order valence-electron chi connectivity index (χ4n) is 3.09. The van der Waals surface area contributed by atoms with E-state index in [0.29, 0.717) is 17.0 Å². The van der Waals surface area contributed by atoms with Gasteiger partial charge in [-0.25, -0.2) is 17.8 Å². The number of anilines is 1. The van der Waals surface area contributed by atoms with Crippen LogP contribution in [0.15, 0.2) is 65.8 Å². The van der Waals surface area contributed by atoms with Crippen LogP contribution in [0, 0.1) is 12.7 Å². The number of aryl methyl sites for hydroxylation is 1. The zero-order chi connectivity index (χ0) is 21.5. The number of imidazole rings is 1. The van der Waals surface area contributed by atoms with E-state index in [4.69, 9.17) is 16.3 Å². The topological polar surface area (TPSA) is 72.7 Å². The molecule has 30 heavy (non-hydrogen) atoms.